The third kappa shape index (κ3) is 6.40. The summed E-state index contributed by atoms with van der Waals surface area (Å²) in [5.74, 6) is -0.330. The van der Waals surface area contributed by atoms with Crippen molar-refractivity contribution in [1.82, 2.24) is 10.6 Å². The van der Waals surface area contributed by atoms with Crippen molar-refractivity contribution in [2.24, 2.45) is 0 Å². The minimum absolute atomic E-state index is 0.268. The van der Waals surface area contributed by atoms with Crippen LogP contribution >= 0.6 is 0 Å². The molecule has 2 amide bonds. The van der Waals surface area contributed by atoms with Crippen LogP contribution in [0, 0.1) is 12.7 Å². The van der Waals surface area contributed by atoms with Crippen LogP contribution in [0.15, 0.2) is 18.2 Å². The summed E-state index contributed by atoms with van der Waals surface area (Å²) < 4.78 is 48.4. The quantitative estimate of drug-likeness (QED) is 0.805. The third-order valence-electron chi connectivity index (χ3n) is 2.68. The molecule has 0 aliphatic rings. The fourth-order valence-corrected chi connectivity index (χ4v) is 1.63. The molecule has 1 rings (SSSR count). The van der Waals surface area contributed by atoms with Crippen LogP contribution in [0.1, 0.15) is 17.5 Å². The molecule has 112 valence electrons. The molecule has 0 spiro atoms. The molecular weight excluding hydrogens is 276 g/mol. The lowest BCUT2D eigenvalue weighted by atomic mass is 10.1. The Morgan fingerprint density at radius 1 is 1.20 bits per heavy atom. The van der Waals surface area contributed by atoms with Crippen LogP contribution in [0.2, 0.25) is 0 Å². The Balaban J connectivity index is 2.25. The fourth-order valence-electron chi connectivity index (χ4n) is 1.63. The van der Waals surface area contributed by atoms with Gasteiger partial charge in [0, 0.05) is 13.1 Å². The highest BCUT2D eigenvalue weighted by molar-refractivity contribution is 5.73. The van der Waals surface area contributed by atoms with Crippen molar-refractivity contribution in [1.29, 1.82) is 0 Å². The Bertz CT molecular complexity index is 460. The molecule has 1 aromatic carbocycles. The molecule has 2 N–H and O–H groups in total. The largest absolute Gasteiger partial charge is 0.390 e. The zero-order chi connectivity index (χ0) is 15.2. The zero-order valence-corrected chi connectivity index (χ0v) is 11.0. The molecule has 0 saturated heterocycles. The molecule has 0 unspecified atom stereocenters. The van der Waals surface area contributed by atoms with E-state index in [9.17, 15) is 22.4 Å². The van der Waals surface area contributed by atoms with Gasteiger partial charge in [-0.1, -0.05) is 6.07 Å². The lowest BCUT2D eigenvalue weighted by Crippen LogP contribution is -2.38. The van der Waals surface area contributed by atoms with E-state index >= 15 is 0 Å². The van der Waals surface area contributed by atoms with Crippen molar-refractivity contribution in [3.63, 3.8) is 0 Å². The van der Waals surface area contributed by atoms with Gasteiger partial charge in [-0.05, 0) is 36.6 Å². The maximum absolute atomic E-state index is 12.9. The van der Waals surface area contributed by atoms with Crippen molar-refractivity contribution < 1.29 is 22.4 Å². The first-order valence-corrected chi connectivity index (χ1v) is 6.11. The van der Waals surface area contributed by atoms with Gasteiger partial charge in [-0.25, -0.2) is 9.18 Å². The Labute approximate surface area is 114 Å². The molecule has 0 fully saturated rings. The standard InChI is InChI=1S/C13H16F4N2O/c1-9-8-11(14)3-2-10(9)4-6-18-12(20)19-7-5-13(15,16)17/h2-3,8H,4-7H2,1H3,(H2,18,19,20). The van der Waals surface area contributed by atoms with E-state index in [2.05, 4.69) is 10.6 Å². The number of benzene rings is 1. The van der Waals surface area contributed by atoms with Crippen LogP contribution in [0.3, 0.4) is 0 Å². The molecule has 1 aromatic rings. The smallest absolute Gasteiger partial charge is 0.338 e. The van der Waals surface area contributed by atoms with Crippen LogP contribution in [-0.2, 0) is 6.42 Å². The van der Waals surface area contributed by atoms with Gasteiger partial charge >= 0.3 is 12.2 Å². The summed E-state index contributed by atoms with van der Waals surface area (Å²) in [5, 5.41) is 4.57. The number of carbonyl (C=O) groups excluding carboxylic acids is 1. The van der Waals surface area contributed by atoms with Gasteiger partial charge in [0.05, 0.1) is 6.42 Å². The molecule has 3 nitrogen and oxygen atoms in total. The number of amides is 2. The first-order valence-electron chi connectivity index (χ1n) is 6.11. The molecule has 7 heteroatoms. The summed E-state index contributed by atoms with van der Waals surface area (Å²) in [6.07, 6.45) is -4.85. The van der Waals surface area contributed by atoms with E-state index in [-0.39, 0.29) is 12.4 Å². The summed E-state index contributed by atoms with van der Waals surface area (Å²) in [6.45, 7) is 1.57. The van der Waals surface area contributed by atoms with Crippen molar-refractivity contribution in [3.8, 4) is 0 Å². The summed E-state index contributed by atoms with van der Waals surface area (Å²) in [6, 6.07) is 3.69. The highest BCUT2D eigenvalue weighted by Crippen LogP contribution is 2.18. The molecule has 0 radical (unpaired) electrons. The number of hydrogen-bond acceptors (Lipinski definition) is 1. The molecular formula is C13H16F4N2O. The highest BCUT2D eigenvalue weighted by Gasteiger charge is 2.26. The maximum Gasteiger partial charge on any atom is 0.390 e. The van der Waals surface area contributed by atoms with Gasteiger partial charge in [0.25, 0.3) is 0 Å². The van der Waals surface area contributed by atoms with E-state index in [0.29, 0.717) is 6.42 Å². The number of halogens is 4. The SMILES string of the molecule is Cc1cc(F)ccc1CCNC(=O)NCCC(F)(F)F. The predicted molar refractivity (Wildman–Crippen MR) is 66.9 cm³/mol. The monoisotopic (exact) mass is 292 g/mol. The first kappa shape index (κ1) is 16.3. The molecule has 0 aromatic heterocycles. The van der Waals surface area contributed by atoms with Crippen molar-refractivity contribution in [3.05, 3.63) is 35.1 Å². The van der Waals surface area contributed by atoms with E-state index in [1.807, 2.05) is 0 Å². The number of alkyl halides is 3. The second-order valence-corrected chi connectivity index (χ2v) is 4.37. The van der Waals surface area contributed by atoms with Crippen LogP contribution in [0.5, 0.6) is 0 Å². The zero-order valence-electron chi connectivity index (χ0n) is 11.0. The number of aryl methyl sites for hydroxylation is 1. The van der Waals surface area contributed by atoms with Gasteiger partial charge in [-0.15, -0.1) is 0 Å². The lowest BCUT2D eigenvalue weighted by Gasteiger charge is -2.10. The van der Waals surface area contributed by atoms with E-state index in [1.165, 1.54) is 12.1 Å². The van der Waals surface area contributed by atoms with Crippen molar-refractivity contribution in [2.75, 3.05) is 13.1 Å². The van der Waals surface area contributed by atoms with E-state index in [4.69, 9.17) is 0 Å². The number of hydrogen-bond donors (Lipinski definition) is 2. The summed E-state index contributed by atoms with van der Waals surface area (Å²) in [4.78, 5) is 11.2. The maximum atomic E-state index is 12.9. The molecule has 0 bridgehead atoms. The Kier molecular flexibility index (Phi) is 5.79. The number of carbonyl (C=O) groups is 1. The van der Waals surface area contributed by atoms with Gasteiger partial charge in [0.1, 0.15) is 5.82 Å². The number of nitrogens with one attached hydrogen (secondary N) is 2. The van der Waals surface area contributed by atoms with Gasteiger partial charge < -0.3 is 10.6 Å². The van der Waals surface area contributed by atoms with Crippen LogP contribution in [-0.4, -0.2) is 25.3 Å². The third-order valence-corrected chi connectivity index (χ3v) is 2.68. The molecule has 0 heterocycles. The van der Waals surface area contributed by atoms with Gasteiger partial charge in [0.15, 0.2) is 0 Å². The van der Waals surface area contributed by atoms with Crippen LogP contribution in [0.25, 0.3) is 0 Å². The average Bonchev–Trinajstić information content (AvgIpc) is 2.30. The highest BCUT2D eigenvalue weighted by atomic mass is 19.4. The molecule has 0 aliphatic heterocycles. The van der Waals surface area contributed by atoms with Crippen molar-refractivity contribution in [2.45, 2.75) is 25.9 Å². The van der Waals surface area contributed by atoms with Gasteiger partial charge in [-0.2, -0.15) is 13.2 Å². The van der Waals surface area contributed by atoms with E-state index < -0.39 is 25.2 Å². The van der Waals surface area contributed by atoms with Crippen LogP contribution in [0.4, 0.5) is 22.4 Å². The molecule has 0 atom stereocenters. The fraction of sp³-hybridized carbons (Fsp3) is 0.462. The van der Waals surface area contributed by atoms with Gasteiger partial charge in [-0.3, -0.25) is 0 Å². The Hall–Kier alpha value is -1.79. The molecule has 20 heavy (non-hydrogen) atoms. The average molecular weight is 292 g/mol. The number of rotatable bonds is 5. The topological polar surface area (TPSA) is 41.1 Å². The lowest BCUT2D eigenvalue weighted by molar-refractivity contribution is -0.132. The van der Waals surface area contributed by atoms with Crippen molar-refractivity contribution >= 4 is 6.03 Å². The van der Waals surface area contributed by atoms with E-state index in [0.717, 1.165) is 11.1 Å². The Morgan fingerprint density at radius 2 is 1.85 bits per heavy atom. The normalized spacial score (nSPS) is 11.2. The minimum Gasteiger partial charge on any atom is -0.338 e. The minimum atomic E-state index is -4.28. The summed E-state index contributed by atoms with van der Waals surface area (Å²) in [5.41, 5.74) is 1.64. The Morgan fingerprint density at radius 3 is 2.45 bits per heavy atom. The van der Waals surface area contributed by atoms with E-state index in [1.54, 1.807) is 13.0 Å². The second kappa shape index (κ2) is 7.12. The summed E-state index contributed by atoms with van der Waals surface area (Å²) >= 11 is 0. The molecule has 0 aliphatic carbocycles. The predicted octanol–water partition coefficient (Wildman–Crippen LogP) is 2.93. The van der Waals surface area contributed by atoms with Crippen LogP contribution < -0.4 is 10.6 Å². The van der Waals surface area contributed by atoms with Gasteiger partial charge in [0.2, 0.25) is 0 Å². The number of urea groups is 1. The molecule has 0 saturated carbocycles. The second-order valence-electron chi connectivity index (χ2n) is 4.37. The first-order chi connectivity index (χ1) is 9.28. The summed E-state index contributed by atoms with van der Waals surface area (Å²) in [7, 11) is 0.